The number of fused-ring (bicyclic) bond motifs is 1. The molecule has 1 aromatic rings. The molecule has 0 saturated heterocycles. The number of ether oxygens (including phenoxy) is 1. The van der Waals surface area contributed by atoms with Crippen molar-refractivity contribution in [2.24, 2.45) is 0 Å². The van der Waals surface area contributed by atoms with Gasteiger partial charge in [-0.2, -0.15) is 0 Å². The van der Waals surface area contributed by atoms with Crippen molar-refractivity contribution in [3.8, 4) is 0 Å². The van der Waals surface area contributed by atoms with E-state index in [-0.39, 0.29) is 6.54 Å². The van der Waals surface area contributed by atoms with Crippen LogP contribution in [0.15, 0.2) is 18.2 Å². The number of carboxylic acids is 1. The summed E-state index contributed by atoms with van der Waals surface area (Å²) in [5, 5.41) is 11.4. The van der Waals surface area contributed by atoms with Crippen molar-refractivity contribution in [1.82, 2.24) is 4.90 Å². The summed E-state index contributed by atoms with van der Waals surface area (Å²) < 4.78 is 18.5. The number of amides is 1. The topological polar surface area (TPSA) is 69.7 Å². The predicted octanol–water partition coefficient (Wildman–Crippen LogP) is 1.41. The van der Waals surface area contributed by atoms with E-state index in [9.17, 15) is 19.1 Å². The summed E-state index contributed by atoms with van der Waals surface area (Å²) in [6.07, 6.45) is -0.345. The Morgan fingerprint density at radius 3 is 2.62 bits per heavy atom. The molecule has 1 unspecified atom stereocenters. The molecule has 0 aromatic heterocycles. The number of carbonyl (C=O) groups is 2. The van der Waals surface area contributed by atoms with E-state index in [1.165, 1.54) is 18.2 Å². The van der Waals surface area contributed by atoms with Gasteiger partial charge in [-0.15, -0.1) is 0 Å². The smallest absolute Gasteiger partial charge is 0.411 e. The summed E-state index contributed by atoms with van der Waals surface area (Å²) in [6.45, 7) is 5.24. The van der Waals surface area contributed by atoms with Crippen LogP contribution in [-0.4, -0.2) is 29.1 Å². The normalized spacial score (nSPS) is 18.1. The van der Waals surface area contributed by atoms with Gasteiger partial charge in [0.15, 0.2) is 0 Å². The van der Waals surface area contributed by atoms with E-state index in [4.69, 9.17) is 4.74 Å². The minimum atomic E-state index is -1.41. The van der Waals surface area contributed by atoms with Crippen LogP contribution in [-0.2, 0) is 16.0 Å². The van der Waals surface area contributed by atoms with Gasteiger partial charge in [-0.25, -0.2) is 9.18 Å². The third kappa shape index (κ3) is 3.32. The third-order valence-electron chi connectivity index (χ3n) is 3.18. The van der Waals surface area contributed by atoms with Gasteiger partial charge in [-0.05, 0) is 50.5 Å². The number of benzene rings is 1. The van der Waals surface area contributed by atoms with Gasteiger partial charge >= 0.3 is 6.09 Å². The molecule has 1 aromatic carbocycles. The van der Waals surface area contributed by atoms with Crippen LogP contribution < -0.4 is 5.11 Å². The van der Waals surface area contributed by atoms with E-state index >= 15 is 0 Å². The monoisotopic (exact) mass is 294 g/mol. The Balaban J connectivity index is 2.35. The molecule has 2 rings (SSSR count). The van der Waals surface area contributed by atoms with E-state index < -0.39 is 29.5 Å². The van der Waals surface area contributed by atoms with Crippen molar-refractivity contribution in [3.05, 3.63) is 35.1 Å². The Morgan fingerprint density at radius 2 is 2.05 bits per heavy atom. The molecule has 1 atom stereocenters. The van der Waals surface area contributed by atoms with Crippen molar-refractivity contribution in [3.63, 3.8) is 0 Å². The molecule has 0 bridgehead atoms. The highest BCUT2D eigenvalue weighted by Gasteiger charge is 2.34. The van der Waals surface area contributed by atoms with E-state index in [0.29, 0.717) is 17.5 Å². The number of aliphatic carboxylic acids is 1. The quantitative estimate of drug-likeness (QED) is 0.785. The zero-order valence-corrected chi connectivity index (χ0v) is 12.2. The Morgan fingerprint density at radius 1 is 1.38 bits per heavy atom. The van der Waals surface area contributed by atoms with Gasteiger partial charge in [0, 0.05) is 6.54 Å². The maximum atomic E-state index is 13.2. The lowest BCUT2D eigenvalue weighted by Gasteiger charge is -2.38. The minimum Gasteiger partial charge on any atom is -0.548 e. The molecule has 5 nitrogen and oxygen atoms in total. The van der Waals surface area contributed by atoms with E-state index in [2.05, 4.69) is 0 Å². The molecule has 1 heterocycles. The molecule has 0 spiro atoms. The number of carboxylic acid groups (broad SMARTS) is 1. The molecule has 114 valence electrons. The van der Waals surface area contributed by atoms with E-state index in [1.54, 1.807) is 20.8 Å². The summed E-state index contributed by atoms with van der Waals surface area (Å²) in [4.78, 5) is 24.7. The van der Waals surface area contributed by atoms with Crippen molar-refractivity contribution in [1.29, 1.82) is 0 Å². The van der Waals surface area contributed by atoms with Gasteiger partial charge in [0.05, 0.1) is 5.97 Å². The van der Waals surface area contributed by atoms with Gasteiger partial charge in [-0.1, -0.05) is 6.07 Å². The number of nitrogens with zero attached hydrogens (tertiary/aromatic N) is 1. The van der Waals surface area contributed by atoms with Crippen molar-refractivity contribution in [2.45, 2.75) is 38.8 Å². The molecule has 6 heteroatoms. The molecule has 1 amide bonds. The fourth-order valence-corrected chi connectivity index (χ4v) is 2.37. The van der Waals surface area contributed by atoms with Crippen LogP contribution in [0.4, 0.5) is 9.18 Å². The molecule has 1 aliphatic heterocycles. The Kier molecular flexibility index (Phi) is 3.89. The van der Waals surface area contributed by atoms with Gasteiger partial charge in [0.2, 0.25) is 0 Å². The molecular weight excluding hydrogens is 277 g/mol. The lowest BCUT2D eigenvalue weighted by molar-refractivity contribution is -0.312. The summed E-state index contributed by atoms with van der Waals surface area (Å²) in [5.41, 5.74) is 0.217. The molecule has 0 N–H and O–H groups in total. The van der Waals surface area contributed by atoms with Gasteiger partial charge in [0.25, 0.3) is 0 Å². The van der Waals surface area contributed by atoms with Gasteiger partial charge in [-0.3, -0.25) is 4.90 Å². The fraction of sp³-hybridized carbons (Fsp3) is 0.467. The summed E-state index contributed by atoms with van der Waals surface area (Å²) in [7, 11) is 0. The van der Waals surface area contributed by atoms with Gasteiger partial charge < -0.3 is 14.6 Å². The van der Waals surface area contributed by atoms with Crippen LogP contribution in [0.3, 0.4) is 0 Å². The highest BCUT2D eigenvalue weighted by atomic mass is 19.1. The largest absolute Gasteiger partial charge is 0.548 e. The molecule has 0 radical (unpaired) electrons. The lowest BCUT2D eigenvalue weighted by Crippen LogP contribution is -2.49. The second kappa shape index (κ2) is 5.35. The third-order valence-corrected chi connectivity index (χ3v) is 3.18. The van der Waals surface area contributed by atoms with Crippen molar-refractivity contribution in [2.75, 3.05) is 6.54 Å². The summed E-state index contributed by atoms with van der Waals surface area (Å²) >= 11 is 0. The molecule has 0 aliphatic carbocycles. The first-order valence-corrected chi connectivity index (χ1v) is 6.68. The first-order chi connectivity index (χ1) is 9.69. The van der Waals surface area contributed by atoms with Crippen LogP contribution >= 0.6 is 0 Å². The van der Waals surface area contributed by atoms with Crippen molar-refractivity contribution < 1.29 is 23.8 Å². The first-order valence-electron chi connectivity index (χ1n) is 6.68. The Bertz CT molecular complexity index is 580. The molecule has 1 aliphatic rings. The molecular formula is C15H17FNO4-. The molecule has 21 heavy (non-hydrogen) atoms. The zero-order valence-electron chi connectivity index (χ0n) is 12.2. The van der Waals surface area contributed by atoms with Crippen LogP contribution in [0.2, 0.25) is 0 Å². The van der Waals surface area contributed by atoms with E-state index in [0.717, 1.165) is 4.90 Å². The van der Waals surface area contributed by atoms with Crippen molar-refractivity contribution >= 4 is 12.1 Å². The maximum absolute atomic E-state index is 13.2. The lowest BCUT2D eigenvalue weighted by atomic mass is 9.93. The predicted molar refractivity (Wildman–Crippen MR) is 70.8 cm³/mol. The van der Waals surface area contributed by atoms with E-state index in [1.807, 2.05) is 0 Å². The number of carbonyl (C=O) groups excluding carboxylic acids is 2. The fourth-order valence-electron chi connectivity index (χ4n) is 2.37. The maximum Gasteiger partial charge on any atom is 0.411 e. The standard InChI is InChI=1S/C15H18FNO4/c1-15(2,3)21-14(20)17-7-6-9-8-10(16)4-5-11(9)12(17)13(18)19/h4-5,8,12H,6-7H2,1-3H3,(H,18,19)/p-1. The average molecular weight is 294 g/mol. The highest BCUT2D eigenvalue weighted by molar-refractivity contribution is 5.81. The molecule has 0 fully saturated rings. The first kappa shape index (κ1) is 15.3. The average Bonchev–Trinajstić information content (AvgIpc) is 2.34. The SMILES string of the molecule is CC(C)(C)OC(=O)N1CCc2cc(F)ccc2C1C(=O)[O-]. The van der Waals surface area contributed by atoms with Gasteiger partial charge in [0.1, 0.15) is 17.5 Å². The molecule has 0 saturated carbocycles. The Hall–Kier alpha value is -2.11. The second-order valence-electron chi connectivity index (χ2n) is 5.99. The van der Waals surface area contributed by atoms with Crippen LogP contribution in [0.25, 0.3) is 0 Å². The summed E-state index contributed by atoms with van der Waals surface area (Å²) in [5.74, 6) is -1.84. The second-order valence-corrected chi connectivity index (χ2v) is 5.99. The number of hydrogen-bond donors (Lipinski definition) is 0. The van der Waals surface area contributed by atoms with Crippen LogP contribution in [0, 0.1) is 5.82 Å². The number of hydrogen-bond acceptors (Lipinski definition) is 4. The van der Waals surface area contributed by atoms with Crippen LogP contribution in [0.1, 0.15) is 37.9 Å². The summed E-state index contributed by atoms with van der Waals surface area (Å²) in [6, 6.07) is 2.58. The number of halogens is 1. The highest BCUT2D eigenvalue weighted by Crippen LogP contribution is 2.31. The van der Waals surface area contributed by atoms with Crippen LogP contribution in [0.5, 0.6) is 0 Å². The Labute approximate surface area is 122 Å². The minimum absolute atomic E-state index is 0.143. The zero-order chi connectivity index (χ0) is 15.8. The number of rotatable bonds is 1.